The van der Waals surface area contributed by atoms with Crippen molar-refractivity contribution in [1.82, 2.24) is 14.2 Å². The van der Waals surface area contributed by atoms with E-state index in [2.05, 4.69) is 5.32 Å². The van der Waals surface area contributed by atoms with Crippen LogP contribution in [0.3, 0.4) is 0 Å². The maximum absolute atomic E-state index is 12.7. The maximum atomic E-state index is 12.7. The molecule has 2 rings (SSSR count). The Hall–Kier alpha value is -1.87. The lowest BCUT2D eigenvalue weighted by atomic mass is 9.99. The Labute approximate surface area is 129 Å². The van der Waals surface area contributed by atoms with E-state index in [-0.39, 0.29) is 23.0 Å². The van der Waals surface area contributed by atoms with E-state index >= 15 is 0 Å². The molecule has 0 aromatic carbocycles. The highest BCUT2D eigenvalue weighted by atomic mass is 32.2. The van der Waals surface area contributed by atoms with E-state index < -0.39 is 21.8 Å². The number of aryl methyl sites for hydroxylation is 1. The second kappa shape index (κ2) is 6.09. The van der Waals surface area contributed by atoms with Gasteiger partial charge in [-0.25, -0.2) is 8.42 Å². The summed E-state index contributed by atoms with van der Waals surface area (Å²) in [6.07, 6.45) is 2.58. The zero-order valence-corrected chi connectivity index (χ0v) is 13.4. The van der Waals surface area contributed by atoms with Gasteiger partial charge in [0.2, 0.25) is 15.9 Å². The van der Waals surface area contributed by atoms with Gasteiger partial charge in [-0.3, -0.25) is 9.59 Å². The molecule has 0 spiro atoms. The molecule has 1 aromatic heterocycles. The van der Waals surface area contributed by atoms with Crippen molar-refractivity contribution >= 4 is 21.8 Å². The number of nitrogens with two attached hydrogens (primary N) is 1. The Bertz CT molecular complexity index is 695. The number of hydrogen-bond donors (Lipinski definition) is 2. The van der Waals surface area contributed by atoms with Crippen LogP contribution in [0.15, 0.2) is 17.2 Å². The minimum Gasteiger partial charge on any atom is -0.369 e. The first-order valence-electron chi connectivity index (χ1n) is 6.95. The molecule has 0 radical (unpaired) electrons. The van der Waals surface area contributed by atoms with Gasteiger partial charge >= 0.3 is 0 Å². The van der Waals surface area contributed by atoms with Crippen molar-refractivity contribution in [3.8, 4) is 0 Å². The Morgan fingerprint density at radius 1 is 1.41 bits per heavy atom. The van der Waals surface area contributed by atoms with E-state index in [0.717, 1.165) is 0 Å². The number of nitrogens with one attached hydrogen (secondary N) is 1. The Balaban J connectivity index is 2.30. The third-order valence-corrected chi connectivity index (χ3v) is 5.69. The molecule has 1 saturated heterocycles. The van der Waals surface area contributed by atoms with Gasteiger partial charge in [-0.1, -0.05) is 0 Å². The summed E-state index contributed by atoms with van der Waals surface area (Å²) in [4.78, 5) is 23.0. The number of primary amides is 1. The number of rotatable bonds is 4. The predicted octanol–water partition coefficient (Wildman–Crippen LogP) is -0.729. The first-order valence-corrected chi connectivity index (χ1v) is 8.39. The van der Waals surface area contributed by atoms with Gasteiger partial charge in [0.1, 0.15) is 10.6 Å². The van der Waals surface area contributed by atoms with Crippen LogP contribution in [-0.4, -0.2) is 49.2 Å². The summed E-state index contributed by atoms with van der Waals surface area (Å²) in [6.45, 7) is 0.429. The standard InChI is InChI=1S/C13H20N4O4S/c1-15-13(19)11-6-10(8-16(11)2)22(20,21)17-5-3-4-9(7-17)12(14)18/h6,8-9H,3-5,7H2,1-2H3,(H2,14,18)(H,15,19). The summed E-state index contributed by atoms with van der Waals surface area (Å²) >= 11 is 0. The molecule has 0 aliphatic carbocycles. The van der Waals surface area contributed by atoms with Crippen LogP contribution in [0.4, 0.5) is 0 Å². The summed E-state index contributed by atoms with van der Waals surface area (Å²) in [5.41, 5.74) is 5.53. The van der Waals surface area contributed by atoms with Crippen molar-refractivity contribution in [2.45, 2.75) is 17.7 Å². The van der Waals surface area contributed by atoms with Crippen molar-refractivity contribution in [1.29, 1.82) is 0 Å². The van der Waals surface area contributed by atoms with Gasteiger partial charge in [-0.2, -0.15) is 4.31 Å². The van der Waals surface area contributed by atoms with Crippen LogP contribution < -0.4 is 11.1 Å². The van der Waals surface area contributed by atoms with Gasteiger partial charge in [0.25, 0.3) is 5.91 Å². The molecule has 2 heterocycles. The molecular formula is C13H20N4O4S. The van der Waals surface area contributed by atoms with Gasteiger partial charge in [-0.05, 0) is 18.9 Å². The molecule has 1 atom stereocenters. The van der Waals surface area contributed by atoms with Gasteiger partial charge in [-0.15, -0.1) is 0 Å². The zero-order valence-electron chi connectivity index (χ0n) is 12.6. The molecule has 9 heteroatoms. The highest BCUT2D eigenvalue weighted by molar-refractivity contribution is 7.89. The quantitative estimate of drug-likeness (QED) is 0.758. The number of carbonyl (C=O) groups is 2. The highest BCUT2D eigenvalue weighted by Gasteiger charge is 2.33. The third kappa shape index (κ3) is 3.00. The molecule has 1 aromatic rings. The molecule has 122 valence electrons. The fourth-order valence-electron chi connectivity index (χ4n) is 2.57. The monoisotopic (exact) mass is 328 g/mol. The predicted molar refractivity (Wildman–Crippen MR) is 79.5 cm³/mol. The Morgan fingerprint density at radius 2 is 2.09 bits per heavy atom. The van der Waals surface area contributed by atoms with Crippen LogP contribution in [-0.2, 0) is 21.9 Å². The van der Waals surface area contributed by atoms with E-state index in [4.69, 9.17) is 5.73 Å². The molecule has 0 saturated carbocycles. The Morgan fingerprint density at radius 3 is 2.68 bits per heavy atom. The van der Waals surface area contributed by atoms with E-state index in [0.29, 0.717) is 19.4 Å². The number of aromatic nitrogens is 1. The number of carbonyl (C=O) groups excluding carboxylic acids is 2. The van der Waals surface area contributed by atoms with Gasteiger partial charge in [0.05, 0.1) is 5.92 Å². The zero-order chi connectivity index (χ0) is 16.5. The molecule has 0 bridgehead atoms. The Kier molecular flexibility index (Phi) is 4.57. The smallest absolute Gasteiger partial charge is 0.267 e. The van der Waals surface area contributed by atoms with Crippen LogP contribution >= 0.6 is 0 Å². The van der Waals surface area contributed by atoms with E-state index in [1.54, 1.807) is 7.05 Å². The second-order valence-corrected chi connectivity index (χ2v) is 7.29. The highest BCUT2D eigenvalue weighted by Crippen LogP contribution is 2.24. The third-order valence-electron chi connectivity index (χ3n) is 3.86. The molecule has 2 amide bonds. The minimum absolute atomic E-state index is 0.0405. The first kappa shape index (κ1) is 16.5. The normalized spacial score (nSPS) is 19.8. The lowest BCUT2D eigenvalue weighted by Gasteiger charge is -2.29. The molecular weight excluding hydrogens is 308 g/mol. The summed E-state index contributed by atoms with van der Waals surface area (Å²) in [5.74, 6) is -1.32. The van der Waals surface area contributed by atoms with Crippen molar-refractivity contribution in [2.24, 2.45) is 18.7 Å². The van der Waals surface area contributed by atoms with Crippen LogP contribution in [0, 0.1) is 5.92 Å². The molecule has 1 fully saturated rings. The first-order chi connectivity index (χ1) is 10.3. The van der Waals surface area contributed by atoms with Crippen LogP contribution in [0.1, 0.15) is 23.3 Å². The fourth-order valence-corrected chi connectivity index (χ4v) is 4.17. The van der Waals surface area contributed by atoms with Gasteiger partial charge < -0.3 is 15.6 Å². The van der Waals surface area contributed by atoms with E-state index in [1.165, 1.54) is 28.2 Å². The second-order valence-electron chi connectivity index (χ2n) is 5.36. The van der Waals surface area contributed by atoms with Crippen LogP contribution in [0.5, 0.6) is 0 Å². The van der Waals surface area contributed by atoms with Crippen molar-refractivity contribution < 1.29 is 18.0 Å². The number of hydrogen-bond acceptors (Lipinski definition) is 4. The fraction of sp³-hybridized carbons (Fsp3) is 0.538. The van der Waals surface area contributed by atoms with Gasteiger partial charge in [0, 0.05) is 33.4 Å². The molecule has 22 heavy (non-hydrogen) atoms. The maximum Gasteiger partial charge on any atom is 0.267 e. The summed E-state index contributed by atoms with van der Waals surface area (Å²) in [6, 6.07) is 1.34. The topological polar surface area (TPSA) is 114 Å². The van der Waals surface area contributed by atoms with Crippen LogP contribution in [0.25, 0.3) is 0 Å². The molecule has 1 aliphatic heterocycles. The SMILES string of the molecule is CNC(=O)c1cc(S(=O)(=O)N2CCCC(C(N)=O)C2)cn1C. The average Bonchev–Trinajstić information content (AvgIpc) is 2.89. The van der Waals surface area contributed by atoms with Crippen molar-refractivity contribution in [2.75, 3.05) is 20.1 Å². The summed E-state index contributed by atoms with van der Waals surface area (Å²) < 4.78 is 28.0. The van der Waals surface area contributed by atoms with Crippen molar-refractivity contribution in [3.63, 3.8) is 0 Å². The number of amides is 2. The number of sulfonamides is 1. The summed E-state index contributed by atoms with van der Waals surface area (Å²) in [5, 5.41) is 2.46. The molecule has 1 aliphatic rings. The number of nitrogens with zero attached hydrogens (tertiary/aromatic N) is 2. The largest absolute Gasteiger partial charge is 0.369 e. The average molecular weight is 328 g/mol. The molecule has 8 nitrogen and oxygen atoms in total. The van der Waals surface area contributed by atoms with Crippen molar-refractivity contribution in [3.05, 3.63) is 18.0 Å². The molecule has 1 unspecified atom stereocenters. The van der Waals surface area contributed by atoms with E-state index in [9.17, 15) is 18.0 Å². The van der Waals surface area contributed by atoms with Crippen LogP contribution in [0.2, 0.25) is 0 Å². The molecule has 3 N–H and O–H groups in total. The lowest BCUT2D eigenvalue weighted by molar-refractivity contribution is -0.122. The summed E-state index contributed by atoms with van der Waals surface area (Å²) in [7, 11) is -0.666. The van der Waals surface area contributed by atoms with Gasteiger partial charge in [0.15, 0.2) is 0 Å². The number of piperidine rings is 1. The lowest BCUT2D eigenvalue weighted by Crippen LogP contribution is -2.43. The van der Waals surface area contributed by atoms with E-state index in [1.807, 2.05) is 0 Å². The minimum atomic E-state index is -3.75.